The second-order valence-corrected chi connectivity index (χ2v) is 10.8. The first-order chi connectivity index (χ1) is 15.4. The molecular formula is C23H26N4O3S2. The summed E-state index contributed by atoms with van der Waals surface area (Å²) in [5, 5.41) is 9.75. The molecule has 4 rings (SSSR count). The van der Waals surface area contributed by atoms with Crippen molar-refractivity contribution in [2.24, 2.45) is 0 Å². The van der Waals surface area contributed by atoms with Crippen LogP contribution in [0.4, 0.5) is 0 Å². The lowest BCUT2D eigenvalue weighted by atomic mass is 10.1. The smallest absolute Gasteiger partial charge is 0.244 e. The number of carbonyl (C=O) groups is 1. The minimum Gasteiger partial charge on any atom is -0.350 e. The number of hydrogen-bond acceptors (Lipinski definition) is 5. The maximum atomic E-state index is 12.5. The highest BCUT2D eigenvalue weighted by Crippen LogP contribution is 2.28. The summed E-state index contributed by atoms with van der Waals surface area (Å²) in [7, 11) is -3.17. The molecule has 3 heterocycles. The summed E-state index contributed by atoms with van der Waals surface area (Å²) in [6.45, 7) is 1.52. The van der Waals surface area contributed by atoms with Gasteiger partial charge in [0.2, 0.25) is 15.9 Å². The maximum Gasteiger partial charge on any atom is 0.244 e. The van der Waals surface area contributed by atoms with Crippen LogP contribution in [-0.2, 0) is 21.4 Å². The Balaban J connectivity index is 1.44. The second kappa shape index (κ2) is 9.81. The monoisotopic (exact) mass is 470 g/mol. The third kappa shape index (κ3) is 5.73. The summed E-state index contributed by atoms with van der Waals surface area (Å²) in [6.07, 6.45) is 7.73. The quantitative estimate of drug-likeness (QED) is 0.538. The van der Waals surface area contributed by atoms with Crippen LogP contribution < -0.4 is 5.32 Å². The van der Waals surface area contributed by atoms with E-state index in [4.69, 9.17) is 5.10 Å². The average molecular weight is 471 g/mol. The van der Waals surface area contributed by atoms with Crippen LogP contribution in [0.1, 0.15) is 24.0 Å². The maximum absolute atomic E-state index is 12.5. The van der Waals surface area contributed by atoms with E-state index in [1.165, 1.54) is 16.6 Å². The van der Waals surface area contributed by atoms with Crippen molar-refractivity contribution in [3.63, 3.8) is 0 Å². The summed E-state index contributed by atoms with van der Waals surface area (Å²) in [5.41, 5.74) is 2.88. The molecule has 168 valence electrons. The highest BCUT2D eigenvalue weighted by atomic mass is 32.2. The van der Waals surface area contributed by atoms with Gasteiger partial charge in [-0.1, -0.05) is 36.4 Å². The lowest BCUT2D eigenvalue weighted by Gasteiger charge is -2.30. The molecule has 1 aromatic carbocycles. The molecule has 1 N–H and O–H groups in total. The topological polar surface area (TPSA) is 84.3 Å². The normalized spacial score (nSPS) is 15.9. The van der Waals surface area contributed by atoms with Crippen molar-refractivity contribution in [3.05, 3.63) is 71.2 Å². The molecule has 1 aliphatic rings. The Morgan fingerprint density at radius 1 is 1.19 bits per heavy atom. The number of sulfonamides is 1. The fourth-order valence-electron chi connectivity index (χ4n) is 3.76. The van der Waals surface area contributed by atoms with Gasteiger partial charge in [0, 0.05) is 37.0 Å². The molecule has 1 aliphatic heterocycles. The van der Waals surface area contributed by atoms with Crippen LogP contribution in [0.3, 0.4) is 0 Å². The molecule has 0 bridgehead atoms. The lowest BCUT2D eigenvalue weighted by Crippen LogP contribution is -2.45. The molecule has 32 heavy (non-hydrogen) atoms. The van der Waals surface area contributed by atoms with Gasteiger partial charge in [-0.25, -0.2) is 12.7 Å². The number of nitrogens with one attached hydrogen (secondary N) is 1. The molecule has 0 spiro atoms. The molecule has 9 heteroatoms. The number of rotatable bonds is 7. The van der Waals surface area contributed by atoms with E-state index in [1.807, 2.05) is 46.6 Å². The number of benzene rings is 1. The molecule has 7 nitrogen and oxygen atoms in total. The lowest BCUT2D eigenvalue weighted by molar-refractivity contribution is -0.117. The first-order valence-electron chi connectivity index (χ1n) is 10.5. The zero-order chi connectivity index (χ0) is 22.6. The predicted molar refractivity (Wildman–Crippen MR) is 128 cm³/mol. The van der Waals surface area contributed by atoms with E-state index in [0.717, 1.165) is 21.7 Å². The van der Waals surface area contributed by atoms with Crippen LogP contribution in [0, 0.1) is 0 Å². The van der Waals surface area contributed by atoms with E-state index in [-0.39, 0.29) is 11.9 Å². The van der Waals surface area contributed by atoms with Crippen LogP contribution in [0.2, 0.25) is 0 Å². The number of amides is 1. The molecule has 0 unspecified atom stereocenters. The molecule has 0 aliphatic carbocycles. The van der Waals surface area contributed by atoms with Crippen LogP contribution in [0.15, 0.2) is 60.1 Å². The van der Waals surface area contributed by atoms with E-state index in [1.54, 1.807) is 17.4 Å². The Kier molecular flexibility index (Phi) is 6.88. The fourth-order valence-corrected chi connectivity index (χ4v) is 5.37. The van der Waals surface area contributed by atoms with E-state index < -0.39 is 10.0 Å². The van der Waals surface area contributed by atoms with Crippen molar-refractivity contribution in [1.29, 1.82) is 0 Å². The standard InChI is InChI=1S/C23H26N4O3S2/c1-32(29,30)27-13-11-20(12-14-27)24-22(28)10-9-19-17-26(16-18-6-3-2-4-7-18)25-23(19)21-8-5-15-31-21/h2-10,15,17,20H,11-14,16H2,1H3,(H,24,28)/b10-9+. The van der Waals surface area contributed by atoms with Crippen LogP contribution >= 0.6 is 11.3 Å². The third-order valence-electron chi connectivity index (χ3n) is 5.42. The van der Waals surface area contributed by atoms with Gasteiger partial charge in [0.1, 0.15) is 5.69 Å². The summed E-state index contributed by atoms with van der Waals surface area (Å²) < 4.78 is 26.6. The van der Waals surface area contributed by atoms with Crippen LogP contribution in [0.5, 0.6) is 0 Å². The van der Waals surface area contributed by atoms with Crippen molar-refractivity contribution in [1.82, 2.24) is 19.4 Å². The first-order valence-corrected chi connectivity index (χ1v) is 13.2. The Morgan fingerprint density at radius 3 is 2.59 bits per heavy atom. The van der Waals surface area contributed by atoms with Crippen molar-refractivity contribution in [2.75, 3.05) is 19.3 Å². The number of nitrogens with zero attached hydrogens (tertiary/aromatic N) is 3. The van der Waals surface area contributed by atoms with Gasteiger partial charge in [0.15, 0.2) is 0 Å². The minimum absolute atomic E-state index is 0.0253. The molecule has 3 aromatic rings. The Labute approximate surface area is 192 Å². The van der Waals surface area contributed by atoms with Gasteiger partial charge in [-0.3, -0.25) is 9.48 Å². The molecule has 0 radical (unpaired) electrons. The zero-order valence-corrected chi connectivity index (χ0v) is 19.5. The molecule has 0 atom stereocenters. The van der Waals surface area contributed by atoms with E-state index in [0.29, 0.717) is 32.5 Å². The van der Waals surface area contributed by atoms with E-state index in [9.17, 15) is 13.2 Å². The van der Waals surface area contributed by atoms with Gasteiger partial charge >= 0.3 is 0 Å². The highest BCUT2D eigenvalue weighted by molar-refractivity contribution is 7.88. The largest absolute Gasteiger partial charge is 0.350 e. The number of aromatic nitrogens is 2. The Hall–Kier alpha value is -2.75. The fraction of sp³-hybridized carbons (Fsp3) is 0.304. The Bertz CT molecular complexity index is 1180. The predicted octanol–water partition coefficient (Wildman–Crippen LogP) is 3.21. The summed E-state index contributed by atoms with van der Waals surface area (Å²) in [4.78, 5) is 13.6. The number of piperidine rings is 1. The molecule has 1 amide bonds. The molecule has 1 saturated heterocycles. The van der Waals surface area contributed by atoms with Crippen molar-refractivity contribution >= 4 is 33.3 Å². The highest BCUT2D eigenvalue weighted by Gasteiger charge is 2.25. The van der Waals surface area contributed by atoms with Gasteiger partial charge in [0.05, 0.1) is 17.7 Å². The number of carbonyl (C=O) groups excluding carboxylic acids is 1. The SMILES string of the molecule is CS(=O)(=O)N1CCC(NC(=O)/C=C/c2cn(Cc3ccccc3)nc2-c2cccs2)CC1. The van der Waals surface area contributed by atoms with Gasteiger partial charge in [0.25, 0.3) is 0 Å². The Morgan fingerprint density at radius 2 is 1.94 bits per heavy atom. The van der Waals surface area contributed by atoms with E-state index >= 15 is 0 Å². The van der Waals surface area contributed by atoms with Gasteiger partial charge < -0.3 is 5.32 Å². The number of thiophene rings is 1. The summed E-state index contributed by atoms with van der Waals surface area (Å²) in [5.74, 6) is -0.184. The van der Waals surface area contributed by atoms with Crippen LogP contribution in [-0.4, -0.2) is 53.8 Å². The summed E-state index contributed by atoms with van der Waals surface area (Å²) in [6, 6.07) is 14.1. The second-order valence-electron chi connectivity index (χ2n) is 7.87. The van der Waals surface area contributed by atoms with Crippen molar-refractivity contribution in [3.8, 4) is 10.6 Å². The summed E-state index contributed by atoms with van der Waals surface area (Å²) >= 11 is 1.61. The minimum atomic E-state index is -3.17. The van der Waals surface area contributed by atoms with Gasteiger partial charge in [-0.05, 0) is 35.9 Å². The molecule has 1 fully saturated rings. The average Bonchev–Trinajstić information content (AvgIpc) is 3.42. The van der Waals surface area contributed by atoms with Gasteiger partial charge in [-0.15, -0.1) is 11.3 Å². The molecule has 2 aromatic heterocycles. The molecule has 0 saturated carbocycles. The number of hydrogen-bond donors (Lipinski definition) is 1. The van der Waals surface area contributed by atoms with Crippen LogP contribution in [0.25, 0.3) is 16.6 Å². The zero-order valence-electron chi connectivity index (χ0n) is 17.8. The third-order valence-corrected chi connectivity index (χ3v) is 7.60. The van der Waals surface area contributed by atoms with Gasteiger partial charge in [-0.2, -0.15) is 5.10 Å². The first kappa shape index (κ1) is 22.4. The van der Waals surface area contributed by atoms with E-state index in [2.05, 4.69) is 17.4 Å². The van der Waals surface area contributed by atoms with Crippen molar-refractivity contribution < 1.29 is 13.2 Å². The molecular weight excluding hydrogens is 444 g/mol. The van der Waals surface area contributed by atoms with Crippen molar-refractivity contribution in [2.45, 2.75) is 25.4 Å².